The molecule has 2 aromatic carbocycles. The molecule has 0 amide bonds. The van der Waals surface area contributed by atoms with Gasteiger partial charge in [-0.2, -0.15) is 4.98 Å². The van der Waals surface area contributed by atoms with E-state index in [9.17, 15) is 24.3 Å². The Balaban J connectivity index is 1.67. The van der Waals surface area contributed by atoms with Gasteiger partial charge in [0.15, 0.2) is 17.0 Å². The Morgan fingerprint density at radius 2 is 2.03 bits per heavy atom. The van der Waals surface area contributed by atoms with E-state index in [0.717, 1.165) is 4.57 Å². The summed E-state index contributed by atoms with van der Waals surface area (Å²) in [7, 11) is 0. The van der Waals surface area contributed by atoms with Crippen LogP contribution in [-0.2, 0) is 14.3 Å². The molecule has 200 valence electrons. The standard InChI is InChI=1S/C26H22N4O7S2/c1-2-18(37-23(34)13-6-4-3-5-7-13)26(17(32)10-11-36-26)20(38)15-9-8-14(31)12-16(15)30-21-19(39-25(30)35)22(33)29-24(27)28-21/h3-9,12,18,31H,2,10-11H2,1H3,(H3,27,28,29,33)/t18?,26-/m1/s1. The van der Waals surface area contributed by atoms with E-state index < -0.39 is 28.1 Å². The lowest BCUT2D eigenvalue weighted by molar-refractivity contribution is -0.134. The molecule has 39 heavy (non-hydrogen) atoms. The number of nitrogen functional groups attached to an aromatic ring is 1. The molecule has 1 fully saturated rings. The number of H-pyrrole nitrogens is 1. The van der Waals surface area contributed by atoms with Crippen molar-refractivity contribution >= 4 is 56.5 Å². The summed E-state index contributed by atoms with van der Waals surface area (Å²) in [5.74, 6) is -1.47. The normalized spacial score (nSPS) is 17.8. The molecular weight excluding hydrogens is 544 g/mol. The van der Waals surface area contributed by atoms with E-state index in [0.29, 0.717) is 11.3 Å². The average molecular weight is 567 g/mol. The van der Waals surface area contributed by atoms with Crippen molar-refractivity contribution in [2.45, 2.75) is 31.5 Å². The van der Waals surface area contributed by atoms with E-state index in [-0.39, 0.29) is 69.0 Å². The molecule has 0 bridgehead atoms. The number of aromatic hydroxyl groups is 1. The fourth-order valence-corrected chi connectivity index (χ4v) is 5.95. The van der Waals surface area contributed by atoms with E-state index >= 15 is 0 Å². The zero-order valence-corrected chi connectivity index (χ0v) is 22.1. The fraction of sp³-hybridized carbons (Fsp3) is 0.231. The Bertz CT molecular complexity index is 1740. The number of fused-ring (bicyclic) bond motifs is 1. The van der Waals surface area contributed by atoms with Crippen molar-refractivity contribution in [2.24, 2.45) is 0 Å². The summed E-state index contributed by atoms with van der Waals surface area (Å²) in [5.41, 5.74) is 3.77. The monoisotopic (exact) mass is 566 g/mol. The maximum Gasteiger partial charge on any atom is 0.338 e. The summed E-state index contributed by atoms with van der Waals surface area (Å²) in [6.45, 7) is 1.77. The van der Waals surface area contributed by atoms with Crippen molar-refractivity contribution < 1.29 is 24.2 Å². The van der Waals surface area contributed by atoms with Gasteiger partial charge in [-0.1, -0.05) is 48.7 Å². The molecule has 11 nitrogen and oxygen atoms in total. The number of ether oxygens (including phenoxy) is 2. The van der Waals surface area contributed by atoms with Crippen molar-refractivity contribution in [1.29, 1.82) is 0 Å². The number of esters is 1. The van der Waals surface area contributed by atoms with E-state index in [2.05, 4.69) is 9.97 Å². The second-order valence-corrected chi connectivity index (χ2v) is 10.1. The van der Waals surface area contributed by atoms with Crippen LogP contribution in [0.4, 0.5) is 5.95 Å². The first-order valence-corrected chi connectivity index (χ1v) is 13.1. The van der Waals surface area contributed by atoms with Gasteiger partial charge in [-0.05, 0) is 30.7 Å². The molecule has 5 rings (SSSR count). The topological polar surface area (TPSA) is 167 Å². The maximum absolute atomic E-state index is 13.5. The van der Waals surface area contributed by atoms with Gasteiger partial charge in [0.2, 0.25) is 5.95 Å². The minimum absolute atomic E-state index is 0.0144. The number of aromatic nitrogens is 3. The third-order valence-corrected chi connectivity index (χ3v) is 7.87. The van der Waals surface area contributed by atoms with Gasteiger partial charge >= 0.3 is 10.8 Å². The zero-order chi connectivity index (χ0) is 27.9. The number of anilines is 1. The molecular formula is C26H22N4O7S2. The number of nitrogens with one attached hydrogen (secondary N) is 1. The molecule has 1 unspecified atom stereocenters. The fourth-order valence-electron chi connectivity index (χ4n) is 4.65. The number of phenolic OH excluding ortho intramolecular Hbond substituents is 1. The Morgan fingerprint density at radius 1 is 1.28 bits per heavy atom. The largest absolute Gasteiger partial charge is 0.508 e. The van der Waals surface area contributed by atoms with E-state index in [1.54, 1.807) is 37.3 Å². The highest BCUT2D eigenvalue weighted by Crippen LogP contribution is 2.37. The van der Waals surface area contributed by atoms with Crippen LogP contribution in [-0.4, -0.2) is 54.6 Å². The SMILES string of the molecule is CCC(OC(=O)c1ccccc1)[C@]1(C(=S)c2ccc(O)cc2-n2c(=O)sc3c(=O)[nH]c(N)nc32)OCCC1=O. The summed E-state index contributed by atoms with van der Waals surface area (Å²) in [6.07, 6.45) is -0.879. The summed E-state index contributed by atoms with van der Waals surface area (Å²) in [4.78, 5) is 57.8. The highest BCUT2D eigenvalue weighted by Gasteiger charge is 2.55. The van der Waals surface area contributed by atoms with Gasteiger partial charge in [0, 0.05) is 18.1 Å². The number of rotatable bonds is 7. The number of Topliss-reactive ketones (excluding diaryl/α,β-unsaturated/α-hetero) is 1. The number of carbonyl (C=O) groups excluding carboxylic acids is 2. The summed E-state index contributed by atoms with van der Waals surface area (Å²) in [5, 5.41) is 10.3. The predicted molar refractivity (Wildman–Crippen MR) is 148 cm³/mol. The van der Waals surface area contributed by atoms with Crippen LogP contribution in [0.2, 0.25) is 0 Å². The van der Waals surface area contributed by atoms with Crippen LogP contribution >= 0.6 is 23.6 Å². The van der Waals surface area contributed by atoms with E-state index in [1.165, 1.54) is 18.2 Å². The van der Waals surface area contributed by atoms with Crippen LogP contribution in [0.15, 0.2) is 58.1 Å². The number of hydrogen-bond acceptors (Lipinski definition) is 11. The molecule has 2 aromatic heterocycles. The van der Waals surface area contributed by atoms with Crippen molar-refractivity contribution in [3.8, 4) is 11.4 Å². The van der Waals surface area contributed by atoms with Crippen LogP contribution in [0.25, 0.3) is 16.0 Å². The van der Waals surface area contributed by atoms with Crippen molar-refractivity contribution in [3.05, 3.63) is 79.7 Å². The van der Waals surface area contributed by atoms with Crippen LogP contribution in [0.1, 0.15) is 35.7 Å². The summed E-state index contributed by atoms with van der Waals surface area (Å²) in [6, 6.07) is 12.3. The molecule has 13 heteroatoms. The minimum atomic E-state index is -1.83. The zero-order valence-electron chi connectivity index (χ0n) is 20.5. The van der Waals surface area contributed by atoms with Gasteiger partial charge in [0.05, 0.1) is 22.7 Å². The number of phenols is 1. The number of benzene rings is 2. The van der Waals surface area contributed by atoms with E-state index in [4.69, 9.17) is 27.4 Å². The minimum Gasteiger partial charge on any atom is -0.508 e. The average Bonchev–Trinajstić information content (AvgIpc) is 3.47. The molecule has 0 aliphatic carbocycles. The van der Waals surface area contributed by atoms with Gasteiger partial charge in [-0.15, -0.1) is 0 Å². The number of nitrogens with zero attached hydrogens (tertiary/aromatic N) is 2. The number of thiazole rings is 1. The predicted octanol–water partition coefficient (Wildman–Crippen LogP) is 2.51. The van der Waals surface area contributed by atoms with Crippen LogP contribution in [0, 0.1) is 0 Å². The maximum atomic E-state index is 13.5. The van der Waals surface area contributed by atoms with Gasteiger partial charge in [0.1, 0.15) is 16.6 Å². The van der Waals surface area contributed by atoms with Crippen molar-refractivity contribution in [1.82, 2.24) is 14.5 Å². The molecule has 1 saturated heterocycles. The number of carbonyl (C=O) groups is 2. The number of ketones is 1. The molecule has 3 heterocycles. The van der Waals surface area contributed by atoms with Crippen LogP contribution in [0.5, 0.6) is 5.75 Å². The number of aromatic amines is 1. The summed E-state index contributed by atoms with van der Waals surface area (Å²) >= 11 is 6.50. The molecule has 0 radical (unpaired) electrons. The quantitative estimate of drug-likeness (QED) is 0.172. The molecule has 1 aliphatic rings. The second kappa shape index (κ2) is 10.2. The van der Waals surface area contributed by atoms with Crippen LogP contribution < -0.4 is 16.2 Å². The Kier molecular flexibility index (Phi) is 6.89. The lowest BCUT2D eigenvalue weighted by Gasteiger charge is -2.35. The Hall–Kier alpha value is -4.20. The lowest BCUT2D eigenvalue weighted by atomic mass is 9.83. The highest BCUT2D eigenvalue weighted by molar-refractivity contribution is 7.81. The first kappa shape index (κ1) is 26.4. The Morgan fingerprint density at radius 3 is 2.69 bits per heavy atom. The summed E-state index contributed by atoms with van der Waals surface area (Å²) < 4.78 is 12.9. The van der Waals surface area contributed by atoms with Crippen LogP contribution in [0.3, 0.4) is 0 Å². The van der Waals surface area contributed by atoms with E-state index in [1.807, 2.05) is 0 Å². The first-order chi connectivity index (χ1) is 18.7. The van der Waals surface area contributed by atoms with Gasteiger partial charge in [-0.3, -0.25) is 19.4 Å². The molecule has 4 N–H and O–H groups in total. The molecule has 4 aromatic rings. The molecule has 0 saturated carbocycles. The molecule has 2 atom stereocenters. The third kappa shape index (κ3) is 4.43. The highest BCUT2D eigenvalue weighted by atomic mass is 32.1. The smallest absolute Gasteiger partial charge is 0.338 e. The number of thiocarbonyl (C=S) groups is 1. The second-order valence-electron chi connectivity index (χ2n) is 8.76. The lowest BCUT2D eigenvalue weighted by Crippen LogP contribution is -2.55. The third-order valence-electron chi connectivity index (χ3n) is 6.42. The molecule has 1 aliphatic heterocycles. The van der Waals surface area contributed by atoms with Gasteiger partial charge in [-0.25, -0.2) is 9.36 Å². The Labute approximate surface area is 229 Å². The number of hydrogen-bond donors (Lipinski definition) is 3. The van der Waals surface area contributed by atoms with Crippen molar-refractivity contribution in [2.75, 3.05) is 12.3 Å². The van der Waals surface area contributed by atoms with Crippen molar-refractivity contribution in [3.63, 3.8) is 0 Å². The van der Waals surface area contributed by atoms with Gasteiger partial charge in [0.25, 0.3) is 5.56 Å². The first-order valence-electron chi connectivity index (χ1n) is 11.9. The van der Waals surface area contributed by atoms with Gasteiger partial charge < -0.3 is 20.3 Å². The molecule has 0 spiro atoms. The number of nitrogens with two attached hydrogens (primary N) is 1.